The largest absolute Gasteiger partial charge is 0.497 e. The van der Waals surface area contributed by atoms with Crippen LogP contribution in [0.15, 0.2) is 48.5 Å². The number of thioether (sulfide) groups is 1. The third-order valence-electron chi connectivity index (χ3n) is 3.15. The zero-order valence-electron chi connectivity index (χ0n) is 13.3. The van der Waals surface area contributed by atoms with E-state index in [-0.39, 0.29) is 0 Å². The maximum atomic E-state index is 5.12. The van der Waals surface area contributed by atoms with E-state index in [4.69, 9.17) is 9.47 Å². The molecule has 3 heteroatoms. The summed E-state index contributed by atoms with van der Waals surface area (Å²) in [5.74, 6) is 7.94. The van der Waals surface area contributed by atoms with Crippen LogP contribution in [0.1, 0.15) is 11.1 Å². The van der Waals surface area contributed by atoms with Gasteiger partial charge in [0.1, 0.15) is 11.5 Å². The molecule has 0 N–H and O–H groups in total. The molecule has 0 saturated heterocycles. The Hall–Kier alpha value is -2.49. The second-order valence-corrected chi connectivity index (χ2v) is 5.32. The van der Waals surface area contributed by atoms with Crippen molar-refractivity contribution in [1.82, 2.24) is 0 Å². The van der Waals surface area contributed by atoms with Crippen molar-refractivity contribution in [2.45, 2.75) is 12.8 Å². The molecule has 0 atom stereocenters. The van der Waals surface area contributed by atoms with Gasteiger partial charge in [0.25, 0.3) is 0 Å². The fraction of sp³-hybridized carbons (Fsp3) is 0.200. The topological polar surface area (TPSA) is 18.5 Å². The number of methoxy groups -OCH3 is 2. The van der Waals surface area contributed by atoms with E-state index in [1.54, 1.807) is 14.2 Å². The summed E-state index contributed by atoms with van der Waals surface area (Å²) in [4.78, 5) is 0. The summed E-state index contributed by atoms with van der Waals surface area (Å²) in [6.07, 6.45) is 1.44. The van der Waals surface area contributed by atoms with Crippen LogP contribution in [0.3, 0.4) is 0 Å². The Morgan fingerprint density at radius 3 is 1.43 bits per heavy atom. The van der Waals surface area contributed by atoms with E-state index in [1.165, 1.54) is 22.9 Å². The fourth-order valence-corrected chi connectivity index (χ4v) is 2.20. The number of rotatable bonds is 4. The molecule has 2 aromatic rings. The van der Waals surface area contributed by atoms with Gasteiger partial charge in [-0.15, -0.1) is 0 Å². The average molecular weight is 322 g/mol. The van der Waals surface area contributed by atoms with E-state index >= 15 is 0 Å². The van der Waals surface area contributed by atoms with Crippen LogP contribution < -0.4 is 9.47 Å². The molecular formula is C20H18O2S. The predicted molar refractivity (Wildman–Crippen MR) is 96.5 cm³/mol. The van der Waals surface area contributed by atoms with Crippen molar-refractivity contribution in [3.63, 3.8) is 0 Å². The average Bonchev–Trinajstić information content (AvgIpc) is 2.62. The van der Waals surface area contributed by atoms with Crippen molar-refractivity contribution >= 4 is 11.8 Å². The van der Waals surface area contributed by atoms with Crippen molar-refractivity contribution < 1.29 is 9.47 Å². The third-order valence-corrected chi connectivity index (χ3v) is 3.64. The summed E-state index contributed by atoms with van der Waals surface area (Å²) in [6.45, 7) is 0. The van der Waals surface area contributed by atoms with Gasteiger partial charge in [-0.05, 0) is 45.9 Å². The lowest BCUT2D eigenvalue weighted by Crippen LogP contribution is -1.84. The minimum absolute atomic E-state index is 0.719. The summed E-state index contributed by atoms with van der Waals surface area (Å²) in [6, 6.07) is 15.9. The number of ether oxygens (including phenoxy) is 2. The molecule has 0 spiro atoms. The van der Waals surface area contributed by atoms with E-state index < -0.39 is 0 Å². The smallest absolute Gasteiger partial charge is 0.118 e. The molecule has 23 heavy (non-hydrogen) atoms. The first-order valence-electron chi connectivity index (χ1n) is 7.19. The molecule has 0 aliphatic rings. The minimum Gasteiger partial charge on any atom is -0.497 e. The molecule has 0 radical (unpaired) electrons. The Morgan fingerprint density at radius 1 is 0.696 bits per heavy atom. The second kappa shape index (κ2) is 9.51. The predicted octanol–water partition coefficient (Wildman–Crippen LogP) is 4.14. The monoisotopic (exact) mass is 322 g/mol. The second-order valence-electron chi connectivity index (χ2n) is 4.71. The number of hydrogen-bond donors (Lipinski definition) is 0. The SMILES string of the molecule is COc1ccc(CC#CSC#CCc2ccc(OC)cc2)cc1. The van der Waals surface area contributed by atoms with Gasteiger partial charge < -0.3 is 9.47 Å². The van der Waals surface area contributed by atoms with Gasteiger partial charge in [-0.1, -0.05) is 36.1 Å². The minimum atomic E-state index is 0.719. The van der Waals surface area contributed by atoms with Gasteiger partial charge in [-0.25, -0.2) is 0 Å². The first-order valence-corrected chi connectivity index (χ1v) is 8.01. The maximum Gasteiger partial charge on any atom is 0.118 e. The van der Waals surface area contributed by atoms with E-state index in [2.05, 4.69) is 22.3 Å². The van der Waals surface area contributed by atoms with Crippen molar-refractivity contribution in [1.29, 1.82) is 0 Å². The van der Waals surface area contributed by atoms with Crippen LogP contribution in [-0.4, -0.2) is 14.2 Å². The lowest BCUT2D eigenvalue weighted by atomic mass is 10.1. The molecule has 0 bridgehead atoms. The normalized spacial score (nSPS) is 9.13. The fourth-order valence-electron chi connectivity index (χ4n) is 1.86. The molecule has 2 nitrogen and oxygen atoms in total. The molecule has 0 amide bonds. The third kappa shape index (κ3) is 6.02. The van der Waals surface area contributed by atoms with Crippen LogP contribution in [0.4, 0.5) is 0 Å². The molecule has 0 fully saturated rings. The van der Waals surface area contributed by atoms with Crippen LogP contribution in [0.25, 0.3) is 0 Å². The van der Waals surface area contributed by atoms with Crippen molar-refractivity contribution in [2.24, 2.45) is 0 Å². The molecule has 0 aliphatic carbocycles. The highest BCUT2D eigenvalue weighted by molar-refractivity contribution is 8.08. The summed E-state index contributed by atoms with van der Waals surface area (Å²) < 4.78 is 10.2. The Morgan fingerprint density at radius 2 is 1.09 bits per heavy atom. The Kier molecular flexibility index (Phi) is 6.98. The van der Waals surface area contributed by atoms with Gasteiger partial charge in [-0.2, -0.15) is 0 Å². The highest BCUT2D eigenvalue weighted by atomic mass is 32.2. The van der Waals surface area contributed by atoms with Crippen molar-refractivity contribution in [3.05, 3.63) is 59.7 Å². The highest BCUT2D eigenvalue weighted by Crippen LogP contribution is 2.12. The zero-order chi connectivity index (χ0) is 16.3. The summed E-state index contributed by atoms with van der Waals surface area (Å²) in [5.41, 5.74) is 2.34. The van der Waals surface area contributed by atoms with Crippen molar-refractivity contribution in [3.8, 4) is 33.8 Å². The van der Waals surface area contributed by atoms with E-state index in [1.807, 2.05) is 48.5 Å². The van der Waals surface area contributed by atoms with Gasteiger partial charge in [-0.3, -0.25) is 0 Å². The molecule has 2 rings (SSSR count). The quantitative estimate of drug-likeness (QED) is 0.788. The van der Waals surface area contributed by atoms with Gasteiger partial charge in [0.05, 0.1) is 14.2 Å². The first kappa shape index (κ1) is 16.9. The number of hydrogen-bond acceptors (Lipinski definition) is 3. The van der Waals surface area contributed by atoms with Gasteiger partial charge >= 0.3 is 0 Å². The summed E-state index contributed by atoms with van der Waals surface area (Å²) in [7, 11) is 3.33. The van der Waals surface area contributed by atoms with Gasteiger partial charge in [0.15, 0.2) is 0 Å². The van der Waals surface area contributed by atoms with E-state index in [9.17, 15) is 0 Å². The van der Waals surface area contributed by atoms with Crippen LogP contribution >= 0.6 is 11.8 Å². The van der Waals surface area contributed by atoms with E-state index in [0.29, 0.717) is 0 Å². The first-order chi connectivity index (χ1) is 11.3. The Balaban J connectivity index is 1.74. The lowest BCUT2D eigenvalue weighted by Gasteiger charge is -1.99. The molecule has 2 aromatic carbocycles. The molecule has 0 unspecified atom stereocenters. The molecular weight excluding hydrogens is 304 g/mol. The maximum absolute atomic E-state index is 5.12. The molecule has 0 saturated carbocycles. The molecule has 0 heterocycles. The summed E-state index contributed by atoms with van der Waals surface area (Å²) in [5, 5.41) is 6.02. The Labute approximate surface area is 142 Å². The molecule has 0 aliphatic heterocycles. The summed E-state index contributed by atoms with van der Waals surface area (Å²) >= 11 is 1.34. The van der Waals surface area contributed by atoms with Crippen LogP contribution in [0.5, 0.6) is 11.5 Å². The van der Waals surface area contributed by atoms with Crippen LogP contribution in [0.2, 0.25) is 0 Å². The Bertz CT molecular complexity index is 660. The molecule has 116 valence electrons. The van der Waals surface area contributed by atoms with Gasteiger partial charge in [0.2, 0.25) is 0 Å². The zero-order valence-corrected chi connectivity index (χ0v) is 14.1. The van der Waals surface area contributed by atoms with E-state index in [0.717, 1.165) is 24.3 Å². The van der Waals surface area contributed by atoms with Crippen LogP contribution in [-0.2, 0) is 12.8 Å². The lowest BCUT2D eigenvalue weighted by molar-refractivity contribution is 0.414. The van der Waals surface area contributed by atoms with Crippen LogP contribution in [0, 0.1) is 22.3 Å². The number of benzene rings is 2. The van der Waals surface area contributed by atoms with Gasteiger partial charge in [0, 0.05) is 24.6 Å². The standard InChI is InChI=1S/C20H18O2S/c1-21-19-11-7-17(8-12-19)5-3-15-23-16-4-6-18-9-13-20(22-2)14-10-18/h7-14H,5-6H2,1-2H3. The highest BCUT2D eigenvalue weighted by Gasteiger charge is 1.92. The molecule has 0 aromatic heterocycles. The van der Waals surface area contributed by atoms with Crippen molar-refractivity contribution in [2.75, 3.05) is 14.2 Å².